The molecule has 2 nitrogen and oxygen atoms in total. The van der Waals surface area contributed by atoms with Crippen molar-refractivity contribution in [3.05, 3.63) is 60.2 Å². The van der Waals surface area contributed by atoms with Crippen LogP contribution in [0.25, 0.3) is 0 Å². The van der Waals surface area contributed by atoms with Crippen molar-refractivity contribution in [2.24, 2.45) is 4.99 Å². The standard InChI is InChI=1S/C15H16N2S/c1-13-8-6-7-11-15(13)16-12-17(2)18-14-9-4-3-5-10-14/h3-12H,1-2H3. The molecule has 0 atom stereocenters. The van der Waals surface area contributed by atoms with E-state index in [1.807, 2.05) is 54.1 Å². The smallest absolute Gasteiger partial charge is 0.101 e. The SMILES string of the molecule is Cc1ccccc1N=CN(C)Sc1ccccc1. The molecule has 0 N–H and O–H groups in total. The van der Waals surface area contributed by atoms with Gasteiger partial charge in [-0.25, -0.2) is 4.99 Å². The van der Waals surface area contributed by atoms with Gasteiger partial charge in [0.05, 0.1) is 5.69 Å². The van der Waals surface area contributed by atoms with Gasteiger partial charge in [-0.3, -0.25) is 0 Å². The monoisotopic (exact) mass is 256 g/mol. The van der Waals surface area contributed by atoms with Gasteiger partial charge in [-0.15, -0.1) is 0 Å². The van der Waals surface area contributed by atoms with E-state index >= 15 is 0 Å². The van der Waals surface area contributed by atoms with E-state index in [0.717, 1.165) is 5.69 Å². The summed E-state index contributed by atoms with van der Waals surface area (Å²) < 4.78 is 2.00. The van der Waals surface area contributed by atoms with Crippen LogP contribution in [0, 0.1) is 6.92 Å². The van der Waals surface area contributed by atoms with Gasteiger partial charge in [0.25, 0.3) is 0 Å². The molecular weight excluding hydrogens is 240 g/mol. The van der Waals surface area contributed by atoms with Gasteiger partial charge in [-0.2, -0.15) is 0 Å². The lowest BCUT2D eigenvalue weighted by molar-refractivity contribution is 0.869. The molecule has 18 heavy (non-hydrogen) atoms. The number of para-hydroxylation sites is 1. The fourth-order valence-electron chi connectivity index (χ4n) is 1.52. The highest BCUT2D eigenvalue weighted by molar-refractivity contribution is 7.97. The maximum absolute atomic E-state index is 4.48. The molecule has 0 unspecified atom stereocenters. The maximum atomic E-state index is 4.48. The van der Waals surface area contributed by atoms with Gasteiger partial charge >= 0.3 is 0 Å². The molecule has 0 aliphatic carbocycles. The zero-order valence-electron chi connectivity index (χ0n) is 10.6. The Morgan fingerprint density at radius 1 is 1.00 bits per heavy atom. The Labute approximate surface area is 112 Å². The van der Waals surface area contributed by atoms with Crippen LogP contribution >= 0.6 is 11.9 Å². The predicted octanol–water partition coefficient (Wildman–Crippen LogP) is 4.29. The van der Waals surface area contributed by atoms with E-state index in [1.54, 1.807) is 11.9 Å². The molecule has 0 aromatic heterocycles. The summed E-state index contributed by atoms with van der Waals surface area (Å²) in [7, 11) is 2.00. The van der Waals surface area contributed by atoms with Crippen LogP contribution in [0.2, 0.25) is 0 Å². The van der Waals surface area contributed by atoms with Crippen LogP contribution in [-0.4, -0.2) is 17.7 Å². The summed E-state index contributed by atoms with van der Waals surface area (Å²) in [6, 6.07) is 18.4. The lowest BCUT2D eigenvalue weighted by Crippen LogP contribution is -2.04. The normalized spacial score (nSPS) is 10.8. The largest absolute Gasteiger partial charge is 0.306 e. The van der Waals surface area contributed by atoms with Crippen LogP contribution in [0.3, 0.4) is 0 Å². The quantitative estimate of drug-likeness (QED) is 0.460. The fraction of sp³-hybridized carbons (Fsp3) is 0.133. The first-order valence-corrected chi connectivity index (χ1v) is 6.59. The van der Waals surface area contributed by atoms with Crippen molar-refractivity contribution in [3.8, 4) is 0 Å². The minimum atomic E-state index is 1.01. The van der Waals surface area contributed by atoms with Crippen molar-refractivity contribution in [2.75, 3.05) is 7.05 Å². The number of rotatable bonds is 4. The molecule has 0 radical (unpaired) electrons. The molecule has 0 saturated carbocycles. The van der Waals surface area contributed by atoms with Gasteiger partial charge in [0.15, 0.2) is 0 Å². The van der Waals surface area contributed by atoms with Crippen molar-refractivity contribution in [3.63, 3.8) is 0 Å². The summed E-state index contributed by atoms with van der Waals surface area (Å²) in [5.74, 6) is 0. The number of benzene rings is 2. The van der Waals surface area contributed by atoms with Crippen LogP contribution in [0.5, 0.6) is 0 Å². The third kappa shape index (κ3) is 3.64. The van der Waals surface area contributed by atoms with Gasteiger partial charge in [0.1, 0.15) is 6.34 Å². The average molecular weight is 256 g/mol. The lowest BCUT2D eigenvalue weighted by atomic mass is 10.2. The number of hydrogen-bond acceptors (Lipinski definition) is 2. The second-order valence-electron chi connectivity index (χ2n) is 3.98. The first-order chi connectivity index (χ1) is 8.75. The van der Waals surface area contributed by atoms with Crippen molar-refractivity contribution in [1.82, 2.24) is 4.31 Å². The Bertz CT molecular complexity index is 523. The molecule has 0 bridgehead atoms. The predicted molar refractivity (Wildman–Crippen MR) is 79.4 cm³/mol. The molecule has 0 fully saturated rings. The summed E-state index contributed by atoms with van der Waals surface area (Å²) in [6.45, 7) is 2.07. The molecule has 0 amide bonds. The number of aryl methyl sites for hydroxylation is 1. The third-order valence-electron chi connectivity index (χ3n) is 2.47. The van der Waals surface area contributed by atoms with Crippen molar-refractivity contribution >= 4 is 24.0 Å². The summed E-state index contributed by atoms with van der Waals surface area (Å²) >= 11 is 1.65. The minimum Gasteiger partial charge on any atom is -0.306 e. The Morgan fingerprint density at radius 3 is 2.39 bits per heavy atom. The molecular formula is C15H16N2S. The van der Waals surface area contributed by atoms with Gasteiger partial charge in [0.2, 0.25) is 0 Å². The van der Waals surface area contributed by atoms with Crippen LogP contribution in [0.4, 0.5) is 5.69 Å². The molecule has 0 spiro atoms. The zero-order chi connectivity index (χ0) is 12.8. The summed E-state index contributed by atoms with van der Waals surface area (Å²) in [5.41, 5.74) is 2.20. The van der Waals surface area contributed by atoms with Gasteiger partial charge in [0, 0.05) is 11.9 Å². The summed E-state index contributed by atoms with van der Waals surface area (Å²) in [6.07, 6.45) is 1.85. The Morgan fingerprint density at radius 2 is 1.67 bits per heavy atom. The van der Waals surface area contributed by atoms with E-state index in [0.29, 0.717) is 0 Å². The molecule has 3 heteroatoms. The van der Waals surface area contributed by atoms with Gasteiger partial charge < -0.3 is 4.31 Å². The second-order valence-corrected chi connectivity index (χ2v) is 5.21. The molecule has 92 valence electrons. The number of hydrogen-bond donors (Lipinski definition) is 0. The summed E-state index contributed by atoms with van der Waals surface area (Å²) in [5, 5.41) is 0. The molecule has 2 aromatic carbocycles. The second kappa shape index (κ2) is 6.26. The highest BCUT2D eigenvalue weighted by atomic mass is 32.2. The van der Waals surface area contributed by atoms with Crippen LogP contribution in [0.15, 0.2) is 64.5 Å². The maximum Gasteiger partial charge on any atom is 0.101 e. The van der Waals surface area contributed by atoms with Crippen LogP contribution in [0.1, 0.15) is 5.56 Å². The Balaban J connectivity index is 1.99. The Hall–Kier alpha value is -1.74. The zero-order valence-corrected chi connectivity index (χ0v) is 11.4. The van der Waals surface area contributed by atoms with E-state index in [4.69, 9.17) is 0 Å². The van der Waals surface area contributed by atoms with Gasteiger partial charge in [-0.1, -0.05) is 36.4 Å². The first-order valence-electron chi connectivity index (χ1n) is 5.81. The van der Waals surface area contributed by atoms with E-state index in [9.17, 15) is 0 Å². The van der Waals surface area contributed by atoms with Crippen molar-refractivity contribution in [2.45, 2.75) is 11.8 Å². The molecule has 2 aromatic rings. The number of aliphatic imine (C=N–C) groups is 1. The molecule has 0 aliphatic heterocycles. The average Bonchev–Trinajstić information content (AvgIpc) is 2.39. The first kappa shape index (κ1) is 12.7. The highest BCUT2D eigenvalue weighted by Crippen LogP contribution is 2.21. The van der Waals surface area contributed by atoms with E-state index in [-0.39, 0.29) is 0 Å². The molecule has 0 heterocycles. The van der Waals surface area contributed by atoms with Crippen LogP contribution in [-0.2, 0) is 0 Å². The topological polar surface area (TPSA) is 15.6 Å². The molecule has 2 rings (SSSR count). The van der Waals surface area contributed by atoms with E-state index < -0.39 is 0 Å². The number of nitrogens with zero attached hydrogens (tertiary/aromatic N) is 2. The fourth-order valence-corrected chi connectivity index (χ4v) is 2.23. The van der Waals surface area contributed by atoms with Gasteiger partial charge in [-0.05, 0) is 42.6 Å². The highest BCUT2D eigenvalue weighted by Gasteiger charge is 1.97. The van der Waals surface area contributed by atoms with E-state index in [1.165, 1.54) is 10.5 Å². The van der Waals surface area contributed by atoms with Crippen LogP contribution < -0.4 is 0 Å². The van der Waals surface area contributed by atoms with E-state index in [2.05, 4.69) is 30.1 Å². The molecule has 0 aliphatic rings. The lowest BCUT2D eigenvalue weighted by Gasteiger charge is -2.11. The minimum absolute atomic E-state index is 1.01. The Kier molecular flexibility index (Phi) is 4.42. The third-order valence-corrected chi connectivity index (χ3v) is 3.33. The van der Waals surface area contributed by atoms with Crippen molar-refractivity contribution < 1.29 is 0 Å². The molecule has 0 saturated heterocycles. The van der Waals surface area contributed by atoms with Crippen molar-refractivity contribution in [1.29, 1.82) is 0 Å². The summed E-state index contributed by atoms with van der Waals surface area (Å²) in [4.78, 5) is 5.69.